The molecule has 3 heteroatoms. The molecule has 0 aromatic heterocycles. The first kappa shape index (κ1) is 9.95. The van der Waals surface area contributed by atoms with Crippen molar-refractivity contribution >= 4 is 11.8 Å². The Balaban J connectivity index is 2.98. The minimum atomic E-state index is -1.57. The molecule has 1 radical (unpaired) electrons. The minimum Gasteiger partial charge on any atom is -0.174 e. The molecular formula is C7H11F2S. The maximum atomic E-state index is 11.4. The Morgan fingerprint density at radius 1 is 1.50 bits per heavy atom. The van der Waals surface area contributed by atoms with E-state index >= 15 is 0 Å². The van der Waals surface area contributed by atoms with E-state index < -0.39 is 6.08 Å². The van der Waals surface area contributed by atoms with Crippen molar-refractivity contribution in [1.29, 1.82) is 0 Å². The zero-order valence-corrected chi connectivity index (χ0v) is 6.59. The van der Waals surface area contributed by atoms with Crippen LogP contribution in [0.5, 0.6) is 0 Å². The number of hydrogen-bond acceptors (Lipinski definition) is 1. The van der Waals surface area contributed by atoms with E-state index in [4.69, 9.17) is 0 Å². The molecular weight excluding hydrogens is 154 g/mol. The molecule has 0 fully saturated rings. The molecule has 0 saturated heterocycles. The second kappa shape index (κ2) is 7.06. The molecule has 0 N–H and O–H groups in total. The van der Waals surface area contributed by atoms with Gasteiger partial charge in [0.2, 0.25) is 0 Å². The maximum absolute atomic E-state index is 11.4. The second-order valence-electron chi connectivity index (χ2n) is 1.75. The third-order valence-electron chi connectivity index (χ3n) is 0.936. The van der Waals surface area contributed by atoms with Crippen LogP contribution in [-0.2, 0) is 0 Å². The van der Waals surface area contributed by atoms with Gasteiger partial charge in [-0.15, -0.1) is 0 Å². The third-order valence-corrected chi connectivity index (χ3v) is 1.80. The van der Waals surface area contributed by atoms with Crippen molar-refractivity contribution in [2.45, 2.75) is 12.8 Å². The van der Waals surface area contributed by atoms with E-state index in [0.717, 1.165) is 24.0 Å². The predicted octanol–water partition coefficient (Wildman–Crippen LogP) is 3.11. The summed E-state index contributed by atoms with van der Waals surface area (Å²) in [5, 5.41) is 0. The molecule has 59 valence electrons. The number of unbranched alkanes of at least 4 members (excludes halogenated alkanes) is 1. The number of hydrogen-bond donors (Lipinski definition) is 0. The Morgan fingerprint density at radius 2 is 2.20 bits per heavy atom. The third kappa shape index (κ3) is 7.95. The van der Waals surface area contributed by atoms with Gasteiger partial charge in [-0.2, -0.15) is 20.5 Å². The molecule has 0 amide bonds. The van der Waals surface area contributed by atoms with Crippen molar-refractivity contribution in [2.24, 2.45) is 0 Å². The molecule has 0 unspecified atom stereocenters. The molecule has 0 aromatic rings. The van der Waals surface area contributed by atoms with Crippen LogP contribution in [0.15, 0.2) is 12.2 Å². The highest BCUT2D eigenvalue weighted by Gasteiger charge is 1.88. The Labute approximate surface area is 64.7 Å². The van der Waals surface area contributed by atoms with Crippen LogP contribution >= 0.6 is 11.8 Å². The zero-order valence-electron chi connectivity index (χ0n) is 5.78. The first-order valence-corrected chi connectivity index (χ1v) is 4.31. The number of halogens is 2. The molecule has 0 saturated carbocycles. The monoisotopic (exact) mass is 165 g/mol. The van der Waals surface area contributed by atoms with Gasteiger partial charge >= 0.3 is 0 Å². The van der Waals surface area contributed by atoms with E-state index in [0.29, 0.717) is 6.42 Å². The van der Waals surface area contributed by atoms with E-state index in [2.05, 4.69) is 6.92 Å². The lowest BCUT2D eigenvalue weighted by atomic mass is 10.3. The molecule has 0 aliphatic rings. The van der Waals surface area contributed by atoms with Gasteiger partial charge in [0, 0.05) is 0 Å². The number of rotatable bonds is 5. The molecule has 10 heavy (non-hydrogen) atoms. The van der Waals surface area contributed by atoms with Gasteiger partial charge in [0.05, 0.1) is 0 Å². The van der Waals surface area contributed by atoms with Gasteiger partial charge in [-0.1, -0.05) is 0 Å². The molecule has 0 aliphatic heterocycles. The van der Waals surface area contributed by atoms with Gasteiger partial charge in [0.25, 0.3) is 6.08 Å². The summed E-state index contributed by atoms with van der Waals surface area (Å²) in [5.74, 6) is 1.75. The van der Waals surface area contributed by atoms with Crippen LogP contribution in [0, 0.1) is 6.92 Å². The zero-order chi connectivity index (χ0) is 7.82. The van der Waals surface area contributed by atoms with Crippen molar-refractivity contribution in [1.82, 2.24) is 0 Å². The predicted molar refractivity (Wildman–Crippen MR) is 42.2 cm³/mol. The molecule has 0 rings (SSSR count). The van der Waals surface area contributed by atoms with Crippen LogP contribution in [0.25, 0.3) is 0 Å². The van der Waals surface area contributed by atoms with E-state index in [-0.39, 0.29) is 0 Å². The van der Waals surface area contributed by atoms with Gasteiger partial charge < -0.3 is 0 Å². The van der Waals surface area contributed by atoms with Crippen LogP contribution in [0.3, 0.4) is 0 Å². The lowest BCUT2D eigenvalue weighted by Gasteiger charge is -1.92. The fraction of sp³-hybridized carbons (Fsp3) is 0.571. The molecule has 0 nitrogen and oxygen atoms in total. The number of allylic oxidation sites excluding steroid dienone is 1. The Kier molecular flexibility index (Phi) is 7.03. The molecule has 0 heterocycles. The van der Waals surface area contributed by atoms with Crippen molar-refractivity contribution in [3.05, 3.63) is 19.1 Å². The maximum Gasteiger partial charge on any atom is 0.266 e. The van der Waals surface area contributed by atoms with Gasteiger partial charge in [-0.25, -0.2) is 0 Å². The van der Waals surface area contributed by atoms with Crippen LogP contribution in [0.1, 0.15) is 12.8 Å². The topological polar surface area (TPSA) is 0 Å². The van der Waals surface area contributed by atoms with Crippen molar-refractivity contribution in [2.75, 3.05) is 11.5 Å². The lowest BCUT2D eigenvalue weighted by molar-refractivity contribution is 0.417. The van der Waals surface area contributed by atoms with Crippen molar-refractivity contribution in [3.63, 3.8) is 0 Å². The average molecular weight is 165 g/mol. The average Bonchev–Trinajstić information content (AvgIpc) is 1.87. The minimum absolute atomic E-state index is 0.481. The van der Waals surface area contributed by atoms with Crippen LogP contribution < -0.4 is 0 Å². The first-order chi connectivity index (χ1) is 4.77. The summed E-state index contributed by atoms with van der Waals surface area (Å²) < 4.78 is 22.8. The number of thioether (sulfide) groups is 1. The van der Waals surface area contributed by atoms with Crippen LogP contribution in [0.2, 0.25) is 0 Å². The van der Waals surface area contributed by atoms with Crippen LogP contribution in [-0.4, -0.2) is 11.5 Å². The summed E-state index contributed by atoms with van der Waals surface area (Å²) in [6.07, 6.45) is 0.691. The second-order valence-corrected chi connectivity index (χ2v) is 2.97. The van der Waals surface area contributed by atoms with E-state index in [1.807, 2.05) is 0 Å². The van der Waals surface area contributed by atoms with Gasteiger partial charge in [-0.3, -0.25) is 0 Å². The summed E-state index contributed by atoms with van der Waals surface area (Å²) >= 11 is 1.67. The van der Waals surface area contributed by atoms with Gasteiger partial charge in [0.15, 0.2) is 0 Å². The fourth-order valence-corrected chi connectivity index (χ4v) is 1.07. The van der Waals surface area contributed by atoms with Gasteiger partial charge in [-0.05, 0) is 37.3 Å². The Morgan fingerprint density at radius 3 is 2.70 bits per heavy atom. The lowest BCUT2D eigenvalue weighted by Crippen LogP contribution is -1.78. The molecule has 0 bridgehead atoms. The SMILES string of the molecule is [CH2]CSCCCC=C(F)F. The smallest absolute Gasteiger partial charge is 0.174 e. The van der Waals surface area contributed by atoms with Crippen LogP contribution in [0.4, 0.5) is 8.78 Å². The highest BCUT2D eigenvalue weighted by atomic mass is 32.2. The van der Waals surface area contributed by atoms with E-state index in [9.17, 15) is 8.78 Å². The Bertz CT molecular complexity index is 97.8. The van der Waals surface area contributed by atoms with Crippen molar-refractivity contribution in [3.8, 4) is 0 Å². The summed E-state index contributed by atoms with van der Waals surface area (Å²) in [6.45, 7) is 3.62. The van der Waals surface area contributed by atoms with E-state index in [1.54, 1.807) is 11.8 Å². The molecule has 0 aliphatic carbocycles. The molecule has 0 atom stereocenters. The van der Waals surface area contributed by atoms with Gasteiger partial charge in [0.1, 0.15) is 0 Å². The summed E-state index contributed by atoms with van der Waals surface area (Å²) in [6, 6.07) is 0. The normalized spacial score (nSPS) is 9.50. The largest absolute Gasteiger partial charge is 0.266 e. The quantitative estimate of drug-likeness (QED) is 0.564. The fourth-order valence-electron chi connectivity index (χ4n) is 0.499. The van der Waals surface area contributed by atoms with Crippen molar-refractivity contribution < 1.29 is 8.78 Å². The summed E-state index contributed by atoms with van der Waals surface area (Å²) in [4.78, 5) is 0. The highest BCUT2D eigenvalue weighted by molar-refractivity contribution is 7.99. The molecule has 0 aromatic carbocycles. The highest BCUT2D eigenvalue weighted by Crippen LogP contribution is 2.06. The summed E-state index contributed by atoms with van der Waals surface area (Å²) in [5.41, 5.74) is 0. The molecule has 0 spiro atoms. The van der Waals surface area contributed by atoms with E-state index in [1.165, 1.54) is 0 Å². The standard InChI is InChI=1S/C7H11F2S/c1-2-10-6-4-3-5-7(8)9/h5H,1-4,6H2. The Hall–Kier alpha value is -0.0500. The first-order valence-electron chi connectivity index (χ1n) is 3.15. The summed E-state index contributed by atoms with van der Waals surface area (Å²) in [7, 11) is 0.